The van der Waals surface area contributed by atoms with E-state index in [2.05, 4.69) is 17.1 Å². The second-order valence-corrected chi connectivity index (χ2v) is 4.59. The fraction of sp³-hybridized carbons (Fsp3) is 0.308. The monoisotopic (exact) mass is 230 g/mol. The van der Waals surface area contributed by atoms with E-state index in [1.165, 1.54) is 11.8 Å². The van der Waals surface area contributed by atoms with Crippen LogP contribution in [-0.4, -0.2) is 23.0 Å². The SMILES string of the molecule is CC1COc2c(/C=N\O)ccc3[nH]cc(c23)C1. The van der Waals surface area contributed by atoms with Gasteiger partial charge >= 0.3 is 0 Å². The fourth-order valence-corrected chi connectivity index (χ4v) is 2.42. The van der Waals surface area contributed by atoms with Gasteiger partial charge in [-0.1, -0.05) is 12.1 Å². The molecule has 2 heterocycles. The molecule has 0 aliphatic carbocycles. The molecule has 0 fully saturated rings. The predicted octanol–water partition coefficient (Wildman–Crippen LogP) is 2.55. The first-order valence-corrected chi connectivity index (χ1v) is 5.73. The smallest absolute Gasteiger partial charge is 0.137 e. The third-order valence-electron chi connectivity index (χ3n) is 3.19. The van der Waals surface area contributed by atoms with Gasteiger partial charge in [0, 0.05) is 22.7 Å². The van der Waals surface area contributed by atoms with Crippen LogP contribution in [0.2, 0.25) is 0 Å². The van der Waals surface area contributed by atoms with E-state index in [-0.39, 0.29) is 0 Å². The zero-order chi connectivity index (χ0) is 11.8. The Bertz CT molecular complexity index is 586. The molecule has 4 nitrogen and oxygen atoms in total. The first-order chi connectivity index (χ1) is 8.29. The minimum atomic E-state index is 0.486. The lowest BCUT2D eigenvalue weighted by Crippen LogP contribution is -2.09. The molecule has 1 aromatic carbocycles. The van der Waals surface area contributed by atoms with Crippen molar-refractivity contribution in [2.75, 3.05) is 6.61 Å². The van der Waals surface area contributed by atoms with E-state index in [1.54, 1.807) is 0 Å². The summed E-state index contributed by atoms with van der Waals surface area (Å²) in [5.74, 6) is 1.31. The molecule has 0 saturated heterocycles. The Balaban J connectivity index is 2.29. The highest BCUT2D eigenvalue weighted by Crippen LogP contribution is 2.35. The molecule has 0 bridgehead atoms. The number of aromatic nitrogens is 1. The number of ether oxygens (including phenoxy) is 1. The molecule has 1 aromatic heterocycles. The zero-order valence-electron chi connectivity index (χ0n) is 9.60. The van der Waals surface area contributed by atoms with Crippen molar-refractivity contribution in [3.05, 3.63) is 29.5 Å². The van der Waals surface area contributed by atoms with E-state index >= 15 is 0 Å². The van der Waals surface area contributed by atoms with Crippen molar-refractivity contribution < 1.29 is 9.94 Å². The van der Waals surface area contributed by atoms with Crippen LogP contribution < -0.4 is 4.74 Å². The van der Waals surface area contributed by atoms with E-state index < -0.39 is 0 Å². The number of oxime groups is 1. The van der Waals surface area contributed by atoms with E-state index in [1.807, 2.05) is 18.3 Å². The lowest BCUT2D eigenvalue weighted by molar-refractivity contribution is 0.267. The maximum Gasteiger partial charge on any atom is 0.137 e. The van der Waals surface area contributed by atoms with Gasteiger partial charge in [-0.2, -0.15) is 0 Å². The van der Waals surface area contributed by atoms with Crippen molar-refractivity contribution in [2.45, 2.75) is 13.3 Å². The lowest BCUT2D eigenvalue weighted by atomic mass is 10.0. The molecule has 2 N–H and O–H groups in total. The van der Waals surface area contributed by atoms with Crippen LogP contribution in [0.1, 0.15) is 18.1 Å². The highest BCUT2D eigenvalue weighted by atomic mass is 16.5. The van der Waals surface area contributed by atoms with Crippen molar-refractivity contribution in [3.8, 4) is 5.75 Å². The normalized spacial score (nSPS) is 19.5. The second kappa shape index (κ2) is 3.80. The fourth-order valence-electron chi connectivity index (χ4n) is 2.42. The third kappa shape index (κ3) is 1.56. The van der Waals surface area contributed by atoms with Gasteiger partial charge in [0.2, 0.25) is 0 Å². The third-order valence-corrected chi connectivity index (χ3v) is 3.19. The molecule has 3 rings (SSSR count). The average molecular weight is 230 g/mol. The first-order valence-electron chi connectivity index (χ1n) is 5.73. The standard InChI is InChI=1S/C13H14N2O2/c1-8-4-10-5-14-11-3-2-9(6-15-16)13(12(10)11)17-7-8/h2-3,5-6,8,14,16H,4,7H2,1H3/b15-6-. The number of hydrogen-bond donors (Lipinski definition) is 2. The van der Waals surface area contributed by atoms with Gasteiger partial charge in [-0.15, -0.1) is 0 Å². The zero-order valence-corrected chi connectivity index (χ0v) is 9.60. The van der Waals surface area contributed by atoms with Gasteiger partial charge in [0.1, 0.15) is 5.75 Å². The highest BCUT2D eigenvalue weighted by molar-refractivity contribution is 5.98. The van der Waals surface area contributed by atoms with Gasteiger partial charge < -0.3 is 14.9 Å². The average Bonchev–Trinajstić information content (AvgIpc) is 2.63. The van der Waals surface area contributed by atoms with Crippen LogP contribution >= 0.6 is 0 Å². The van der Waals surface area contributed by atoms with Gasteiger partial charge in [-0.05, 0) is 30.0 Å². The number of hydrogen-bond acceptors (Lipinski definition) is 3. The summed E-state index contributed by atoms with van der Waals surface area (Å²) in [6.07, 6.45) is 4.47. The molecule has 17 heavy (non-hydrogen) atoms. The topological polar surface area (TPSA) is 57.6 Å². The Labute approximate surface area is 98.9 Å². The summed E-state index contributed by atoms with van der Waals surface area (Å²) < 4.78 is 5.85. The minimum Gasteiger partial charge on any atom is -0.492 e. The van der Waals surface area contributed by atoms with Crippen LogP contribution in [-0.2, 0) is 6.42 Å². The van der Waals surface area contributed by atoms with Gasteiger partial charge in [0.15, 0.2) is 0 Å². The molecule has 1 aliphatic rings. The van der Waals surface area contributed by atoms with Crippen molar-refractivity contribution in [1.29, 1.82) is 0 Å². The summed E-state index contributed by atoms with van der Waals surface area (Å²) in [6, 6.07) is 3.88. The van der Waals surface area contributed by atoms with Gasteiger partial charge in [-0.25, -0.2) is 0 Å². The van der Waals surface area contributed by atoms with Crippen molar-refractivity contribution >= 4 is 17.1 Å². The molecule has 0 amide bonds. The molecule has 0 saturated carbocycles. The number of nitrogens with zero attached hydrogens (tertiary/aromatic N) is 1. The first kappa shape index (κ1) is 10.2. The Morgan fingerprint density at radius 2 is 2.41 bits per heavy atom. The summed E-state index contributed by atoms with van der Waals surface area (Å²) >= 11 is 0. The molecular formula is C13H14N2O2. The molecule has 1 atom stereocenters. The van der Waals surface area contributed by atoms with Crippen LogP contribution in [0.4, 0.5) is 0 Å². The number of benzene rings is 1. The summed E-state index contributed by atoms with van der Waals surface area (Å²) in [5, 5.41) is 12.9. The molecule has 88 valence electrons. The molecule has 2 aromatic rings. The molecule has 4 heteroatoms. The molecule has 0 radical (unpaired) electrons. The van der Waals surface area contributed by atoms with Crippen LogP contribution in [0.25, 0.3) is 10.9 Å². The molecular weight excluding hydrogens is 216 g/mol. The predicted molar refractivity (Wildman–Crippen MR) is 66.0 cm³/mol. The quantitative estimate of drug-likeness (QED) is 0.449. The van der Waals surface area contributed by atoms with Crippen molar-refractivity contribution in [3.63, 3.8) is 0 Å². The van der Waals surface area contributed by atoms with E-state index in [4.69, 9.17) is 9.94 Å². The summed E-state index contributed by atoms with van der Waals surface area (Å²) in [5.41, 5.74) is 3.15. The molecule has 0 spiro atoms. The maximum atomic E-state index is 8.68. The van der Waals surface area contributed by atoms with E-state index in [0.717, 1.165) is 28.6 Å². The second-order valence-electron chi connectivity index (χ2n) is 4.59. The summed E-state index contributed by atoms with van der Waals surface area (Å²) in [7, 11) is 0. The Hall–Kier alpha value is -1.97. The number of rotatable bonds is 1. The van der Waals surface area contributed by atoms with Crippen molar-refractivity contribution in [2.24, 2.45) is 11.1 Å². The minimum absolute atomic E-state index is 0.486. The largest absolute Gasteiger partial charge is 0.492 e. The molecule has 1 unspecified atom stereocenters. The van der Waals surface area contributed by atoms with Crippen LogP contribution in [0.3, 0.4) is 0 Å². The number of H-pyrrole nitrogens is 1. The number of aromatic amines is 1. The Morgan fingerprint density at radius 1 is 1.53 bits per heavy atom. The van der Waals surface area contributed by atoms with Gasteiger partial charge in [0.25, 0.3) is 0 Å². The summed E-state index contributed by atoms with van der Waals surface area (Å²) in [4.78, 5) is 3.25. The van der Waals surface area contributed by atoms with Crippen LogP contribution in [0.5, 0.6) is 5.75 Å². The maximum absolute atomic E-state index is 8.68. The van der Waals surface area contributed by atoms with Crippen LogP contribution in [0, 0.1) is 5.92 Å². The van der Waals surface area contributed by atoms with E-state index in [9.17, 15) is 0 Å². The Morgan fingerprint density at radius 3 is 3.24 bits per heavy atom. The number of nitrogens with one attached hydrogen (secondary N) is 1. The van der Waals surface area contributed by atoms with Gasteiger partial charge in [0.05, 0.1) is 12.8 Å². The van der Waals surface area contributed by atoms with Crippen LogP contribution in [0.15, 0.2) is 23.5 Å². The Kier molecular flexibility index (Phi) is 2.28. The van der Waals surface area contributed by atoms with Crippen molar-refractivity contribution in [1.82, 2.24) is 4.98 Å². The highest BCUT2D eigenvalue weighted by Gasteiger charge is 2.19. The summed E-state index contributed by atoms with van der Waals surface area (Å²) in [6.45, 7) is 2.87. The lowest BCUT2D eigenvalue weighted by Gasteiger charge is -2.10. The van der Waals surface area contributed by atoms with Gasteiger partial charge in [-0.3, -0.25) is 0 Å². The molecule has 1 aliphatic heterocycles. The van der Waals surface area contributed by atoms with E-state index in [0.29, 0.717) is 12.5 Å².